The second-order valence-corrected chi connectivity index (χ2v) is 4.27. The number of methoxy groups -OCH3 is 1. The Morgan fingerprint density at radius 2 is 2.33 bits per heavy atom. The van der Waals surface area contributed by atoms with E-state index in [1.54, 1.807) is 7.11 Å². The summed E-state index contributed by atoms with van der Waals surface area (Å²) in [5.74, 6) is -0.0152. The second-order valence-electron chi connectivity index (χ2n) is 4.27. The van der Waals surface area contributed by atoms with Gasteiger partial charge in [-0.2, -0.15) is 0 Å². The molecular formula is C11H22N2O2. The molecular weight excluding hydrogens is 192 g/mol. The van der Waals surface area contributed by atoms with Gasteiger partial charge in [-0.25, -0.2) is 0 Å². The molecule has 1 fully saturated rings. The van der Waals surface area contributed by atoms with Crippen LogP contribution in [0.2, 0.25) is 0 Å². The van der Waals surface area contributed by atoms with Crippen LogP contribution in [0.3, 0.4) is 0 Å². The van der Waals surface area contributed by atoms with Gasteiger partial charge < -0.3 is 15.8 Å². The minimum absolute atomic E-state index is 0.0152. The van der Waals surface area contributed by atoms with Gasteiger partial charge in [0.2, 0.25) is 5.91 Å². The van der Waals surface area contributed by atoms with E-state index >= 15 is 0 Å². The molecule has 3 N–H and O–H groups in total. The van der Waals surface area contributed by atoms with Crippen molar-refractivity contribution in [3.05, 3.63) is 0 Å². The summed E-state index contributed by atoms with van der Waals surface area (Å²) in [6.45, 7) is 2.03. The van der Waals surface area contributed by atoms with Crippen LogP contribution in [0.5, 0.6) is 0 Å². The van der Waals surface area contributed by atoms with E-state index in [-0.39, 0.29) is 18.0 Å². The first-order chi connectivity index (χ1) is 7.17. The molecule has 0 radical (unpaired) electrons. The summed E-state index contributed by atoms with van der Waals surface area (Å²) in [5.41, 5.74) is 5.73. The van der Waals surface area contributed by atoms with E-state index in [9.17, 15) is 4.79 Å². The smallest absolute Gasteiger partial charge is 0.237 e. The maximum absolute atomic E-state index is 11.6. The van der Waals surface area contributed by atoms with Crippen molar-refractivity contribution in [2.75, 3.05) is 7.11 Å². The molecule has 4 heteroatoms. The number of nitrogens with two attached hydrogens (primary N) is 1. The van der Waals surface area contributed by atoms with Crippen LogP contribution in [-0.4, -0.2) is 31.2 Å². The molecule has 1 aliphatic rings. The average molecular weight is 214 g/mol. The number of hydrogen-bond acceptors (Lipinski definition) is 3. The van der Waals surface area contributed by atoms with E-state index in [0.717, 1.165) is 32.1 Å². The first-order valence-corrected chi connectivity index (χ1v) is 5.76. The summed E-state index contributed by atoms with van der Waals surface area (Å²) in [5, 5.41) is 2.98. The van der Waals surface area contributed by atoms with E-state index in [2.05, 4.69) is 5.32 Å². The SMILES string of the molecule is CCC[C@H](N)C(=O)NC1CCC(OC)C1. The number of carbonyl (C=O) groups is 1. The Morgan fingerprint density at radius 1 is 1.60 bits per heavy atom. The highest BCUT2D eigenvalue weighted by atomic mass is 16.5. The van der Waals surface area contributed by atoms with Gasteiger partial charge in [0, 0.05) is 13.2 Å². The molecule has 1 aliphatic carbocycles. The Labute approximate surface area is 91.5 Å². The molecule has 1 amide bonds. The molecule has 0 aromatic carbocycles. The summed E-state index contributed by atoms with van der Waals surface area (Å²) < 4.78 is 5.25. The molecule has 0 saturated heterocycles. The highest BCUT2D eigenvalue weighted by molar-refractivity contribution is 5.81. The van der Waals surface area contributed by atoms with Crippen molar-refractivity contribution >= 4 is 5.91 Å². The third kappa shape index (κ3) is 3.80. The average Bonchev–Trinajstić information content (AvgIpc) is 2.66. The van der Waals surface area contributed by atoms with Gasteiger partial charge in [0.05, 0.1) is 12.1 Å². The molecule has 3 atom stereocenters. The van der Waals surface area contributed by atoms with Gasteiger partial charge in [0.15, 0.2) is 0 Å². The topological polar surface area (TPSA) is 64.4 Å². The van der Waals surface area contributed by atoms with Gasteiger partial charge >= 0.3 is 0 Å². The van der Waals surface area contributed by atoms with E-state index in [1.165, 1.54) is 0 Å². The molecule has 0 bridgehead atoms. The fourth-order valence-corrected chi connectivity index (χ4v) is 2.04. The zero-order valence-electron chi connectivity index (χ0n) is 9.66. The van der Waals surface area contributed by atoms with Crippen molar-refractivity contribution < 1.29 is 9.53 Å². The lowest BCUT2D eigenvalue weighted by atomic mass is 10.1. The monoisotopic (exact) mass is 214 g/mol. The molecule has 0 heterocycles. The maximum atomic E-state index is 11.6. The van der Waals surface area contributed by atoms with Crippen LogP contribution in [0.1, 0.15) is 39.0 Å². The Kier molecular flexibility index (Phi) is 5.05. The summed E-state index contributed by atoms with van der Waals surface area (Å²) in [7, 11) is 1.72. The standard InChI is InChI=1S/C11H22N2O2/c1-3-4-10(12)11(14)13-8-5-6-9(7-8)15-2/h8-10H,3-7,12H2,1-2H3,(H,13,14)/t8?,9?,10-/m0/s1. The number of ether oxygens (including phenoxy) is 1. The molecule has 2 unspecified atom stereocenters. The normalized spacial score (nSPS) is 27.7. The zero-order chi connectivity index (χ0) is 11.3. The molecule has 0 spiro atoms. The van der Waals surface area contributed by atoms with Crippen molar-refractivity contribution in [2.24, 2.45) is 5.73 Å². The maximum Gasteiger partial charge on any atom is 0.237 e. The van der Waals surface area contributed by atoms with Crippen LogP contribution in [0.4, 0.5) is 0 Å². The summed E-state index contributed by atoms with van der Waals surface area (Å²) in [6.07, 6.45) is 4.96. The third-order valence-corrected chi connectivity index (χ3v) is 3.00. The van der Waals surface area contributed by atoms with Gasteiger partial charge in [-0.05, 0) is 25.7 Å². The van der Waals surface area contributed by atoms with Crippen molar-refractivity contribution in [2.45, 2.75) is 57.2 Å². The summed E-state index contributed by atoms with van der Waals surface area (Å²) >= 11 is 0. The fourth-order valence-electron chi connectivity index (χ4n) is 2.04. The number of rotatable bonds is 5. The Morgan fingerprint density at radius 3 is 2.87 bits per heavy atom. The lowest BCUT2D eigenvalue weighted by Crippen LogP contribution is -2.44. The number of carbonyl (C=O) groups excluding carboxylic acids is 1. The van der Waals surface area contributed by atoms with Crippen molar-refractivity contribution in [3.8, 4) is 0 Å². The van der Waals surface area contributed by atoms with Gasteiger partial charge in [-0.1, -0.05) is 13.3 Å². The van der Waals surface area contributed by atoms with Gasteiger partial charge in [-0.15, -0.1) is 0 Å². The van der Waals surface area contributed by atoms with Crippen molar-refractivity contribution in [1.82, 2.24) is 5.32 Å². The highest BCUT2D eigenvalue weighted by Crippen LogP contribution is 2.21. The number of amides is 1. The molecule has 0 aromatic heterocycles. The minimum Gasteiger partial charge on any atom is -0.381 e. The molecule has 1 saturated carbocycles. The van der Waals surface area contributed by atoms with Crippen LogP contribution in [0, 0.1) is 0 Å². The van der Waals surface area contributed by atoms with Gasteiger partial charge in [0.1, 0.15) is 0 Å². The van der Waals surface area contributed by atoms with Crippen LogP contribution in [0.25, 0.3) is 0 Å². The van der Waals surface area contributed by atoms with Crippen LogP contribution in [-0.2, 0) is 9.53 Å². The minimum atomic E-state index is -0.350. The predicted molar refractivity (Wildman–Crippen MR) is 59.5 cm³/mol. The second kappa shape index (κ2) is 6.08. The fraction of sp³-hybridized carbons (Fsp3) is 0.909. The van der Waals surface area contributed by atoms with Crippen molar-refractivity contribution in [3.63, 3.8) is 0 Å². The highest BCUT2D eigenvalue weighted by Gasteiger charge is 2.26. The van der Waals surface area contributed by atoms with Crippen LogP contribution < -0.4 is 11.1 Å². The lowest BCUT2D eigenvalue weighted by molar-refractivity contribution is -0.123. The van der Waals surface area contributed by atoms with E-state index in [0.29, 0.717) is 6.10 Å². The molecule has 15 heavy (non-hydrogen) atoms. The van der Waals surface area contributed by atoms with E-state index < -0.39 is 0 Å². The van der Waals surface area contributed by atoms with Gasteiger partial charge in [0.25, 0.3) is 0 Å². The number of nitrogens with one attached hydrogen (secondary N) is 1. The zero-order valence-corrected chi connectivity index (χ0v) is 9.66. The van der Waals surface area contributed by atoms with Crippen LogP contribution in [0.15, 0.2) is 0 Å². The first-order valence-electron chi connectivity index (χ1n) is 5.76. The molecule has 0 aromatic rings. The van der Waals surface area contributed by atoms with Crippen LogP contribution >= 0.6 is 0 Å². The largest absolute Gasteiger partial charge is 0.381 e. The Bertz CT molecular complexity index is 209. The Hall–Kier alpha value is -0.610. The lowest BCUT2D eigenvalue weighted by Gasteiger charge is -2.16. The molecule has 88 valence electrons. The summed E-state index contributed by atoms with van der Waals surface area (Å²) in [4.78, 5) is 11.6. The van der Waals surface area contributed by atoms with Gasteiger partial charge in [-0.3, -0.25) is 4.79 Å². The van der Waals surface area contributed by atoms with E-state index in [1.807, 2.05) is 6.92 Å². The molecule has 4 nitrogen and oxygen atoms in total. The first kappa shape index (κ1) is 12.5. The van der Waals surface area contributed by atoms with Crippen molar-refractivity contribution in [1.29, 1.82) is 0 Å². The number of hydrogen-bond donors (Lipinski definition) is 2. The molecule has 1 rings (SSSR count). The third-order valence-electron chi connectivity index (χ3n) is 3.00. The predicted octanol–water partition coefficient (Wildman–Crippen LogP) is 0.797. The Balaban J connectivity index is 2.27. The molecule has 0 aliphatic heterocycles. The summed E-state index contributed by atoms with van der Waals surface area (Å²) in [6, 6.07) is -0.0954. The quantitative estimate of drug-likeness (QED) is 0.711. The van der Waals surface area contributed by atoms with E-state index in [4.69, 9.17) is 10.5 Å².